The summed E-state index contributed by atoms with van der Waals surface area (Å²) < 4.78 is 34.0. The van der Waals surface area contributed by atoms with Gasteiger partial charge in [-0.15, -0.1) is 11.3 Å². The second kappa shape index (κ2) is 9.56. The van der Waals surface area contributed by atoms with Gasteiger partial charge in [0.25, 0.3) is 5.91 Å². The van der Waals surface area contributed by atoms with Crippen molar-refractivity contribution in [3.8, 4) is 5.75 Å². The SMILES string of the molecule is CCN(CC)S(=O)(=O)c1ccc(OC(C)C)c(NC(=O)c2sc3ccccc3c2Cl)c1. The number of hydrogen-bond acceptors (Lipinski definition) is 5. The summed E-state index contributed by atoms with van der Waals surface area (Å²) in [6.07, 6.45) is -0.159. The molecule has 1 N–H and O–H groups in total. The molecule has 0 spiro atoms. The molecule has 166 valence electrons. The highest BCUT2D eigenvalue weighted by Crippen LogP contribution is 2.37. The summed E-state index contributed by atoms with van der Waals surface area (Å²) >= 11 is 7.72. The molecule has 6 nitrogen and oxygen atoms in total. The van der Waals surface area contributed by atoms with Crippen molar-refractivity contribution >= 4 is 54.6 Å². The number of nitrogens with zero attached hydrogens (tertiary/aromatic N) is 1. The first-order valence-electron chi connectivity index (χ1n) is 9.98. The van der Waals surface area contributed by atoms with E-state index in [0.29, 0.717) is 28.7 Å². The van der Waals surface area contributed by atoms with Gasteiger partial charge in [-0.05, 0) is 38.1 Å². The van der Waals surface area contributed by atoms with Crippen molar-refractivity contribution in [2.45, 2.75) is 38.7 Å². The Kier molecular flexibility index (Phi) is 7.26. The van der Waals surface area contributed by atoms with Crippen LogP contribution in [0.4, 0.5) is 5.69 Å². The van der Waals surface area contributed by atoms with E-state index in [1.165, 1.54) is 27.8 Å². The maximum Gasteiger partial charge on any atom is 0.267 e. The van der Waals surface area contributed by atoms with E-state index in [0.717, 1.165) is 10.1 Å². The third-order valence-corrected chi connectivity index (χ3v) is 8.37. The lowest BCUT2D eigenvalue weighted by molar-refractivity contribution is 0.102. The molecule has 31 heavy (non-hydrogen) atoms. The third kappa shape index (κ3) is 4.87. The Bertz CT molecular complexity index is 1200. The van der Waals surface area contributed by atoms with Crippen molar-refractivity contribution in [2.24, 2.45) is 0 Å². The number of anilines is 1. The lowest BCUT2D eigenvalue weighted by Crippen LogP contribution is -2.30. The molecule has 1 aromatic heterocycles. The zero-order valence-electron chi connectivity index (χ0n) is 17.8. The van der Waals surface area contributed by atoms with Crippen LogP contribution in [0.1, 0.15) is 37.4 Å². The number of amides is 1. The smallest absolute Gasteiger partial charge is 0.267 e. The number of benzene rings is 2. The maximum atomic E-state index is 13.0. The quantitative estimate of drug-likeness (QED) is 0.453. The minimum atomic E-state index is -3.70. The summed E-state index contributed by atoms with van der Waals surface area (Å²) in [5.41, 5.74) is 0.278. The summed E-state index contributed by atoms with van der Waals surface area (Å²) in [5.74, 6) is -0.0312. The van der Waals surface area contributed by atoms with Gasteiger partial charge in [-0.2, -0.15) is 4.31 Å². The van der Waals surface area contributed by atoms with Crippen molar-refractivity contribution in [1.82, 2.24) is 4.31 Å². The number of rotatable bonds is 8. The van der Waals surface area contributed by atoms with Crippen molar-refractivity contribution in [3.05, 3.63) is 52.4 Å². The van der Waals surface area contributed by atoms with Gasteiger partial charge in [0, 0.05) is 23.2 Å². The summed E-state index contributed by atoms with van der Waals surface area (Å²) in [7, 11) is -3.70. The second-order valence-electron chi connectivity index (χ2n) is 7.11. The van der Waals surface area contributed by atoms with Gasteiger partial charge in [-0.1, -0.05) is 43.6 Å². The van der Waals surface area contributed by atoms with E-state index < -0.39 is 15.9 Å². The number of sulfonamides is 1. The van der Waals surface area contributed by atoms with Gasteiger partial charge in [0.2, 0.25) is 10.0 Å². The topological polar surface area (TPSA) is 75.7 Å². The van der Waals surface area contributed by atoms with Gasteiger partial charge < -0.3 is 10.1 Å². The molecule has 3 rings (SSSR count). The average molecular weight is 481 g/mol. The molecule has 1 amide bonds. The summed E-state index contributed by atoms with van der Waals surface area (Å²) in [4.78, 5) is 13.5. The number of thiophene rings is 1. The normalized spacial score (nSPS) is 12.0. The highest BCUT2D eigenvalue weighted by Gasteiger charge is 2.24. The Hall–Kier alpha value is -2.13. The molecule has 0 unspecified atom stereocenters. The Labute approximate surface area is 191 Å². The predicted molar refractivity (Wildman–Crippen MR) is 127 cm³/mol. The molecule has 1 heterocycles. The maximum absolute atomic E-state index is 13.0. The molecular weight excluding hydrogens is 456 g/mol. The molecular formula is C22H25ClN2O4S2. The number of carbonyl (C=O) groups is 1. The van der Waals surface area contributed by atoms with E-state index in [9.17, 15) is 13.2 Å². The van der Waals surface area contributed by atoms with Gasteiger partial charge in [0.05, 0.1) is 21.7 Å². The number of hydrogen-bond donors (Lipinski definition) is 1. The highest BCUT2D eigenvalue weighted by atomic mass is 35.5. The largest absolute Gasteiger partial charge is 0.489 e. The zero-order chi connectivity index (χ0) is 22.8. The van der Waals surface area contributed by atoms with Gasteiger partial charge in [0.1, 0.15) is 10.6 Å². The summed E-state index contributed by atoms with van der Waals surface area (Å²) in [5, 5.41) is 3.97. The molecule has 0 saturated carbocycles. The number of ether oxygens (including phenoxy) is 1. The number of fused-ring (bicyclic) bond motifs is 1. The number of halogens is 1. The average Bonchev–Trinajstić information content (AvgIpc) is 3.06. The molecule has 0 aliphatic carbocycles. The van der Waals surface area contributed by atoms with Crippen LogP contribution in [0.5, 0.6) is 5.75 Å². The molecule has 0 aliphatic rings. The first-order valence-corrected chi connectivity index (χ1v) is 12.6. The van der Waals surface area contributed by atoms with Crippen LogP contribution >= 0.6 is 22.9 Å². The molecule has 0 fully saturated rings. The predicted octanol–water partition coefficient (Wildman–Crippen LogP) is 5.62. The van der Waals surface area contributed by atoms with Crippen molar-refractivity contribution in [2.75, 3.05) is 18.4 Å². The number of carbonyl (C=O) groups excluding carboxylic acids is 1. The first kappa shape index (κ1) is 23.5. The van der Waals surface area contributed by atoms with Gasteiger partial charge in [0.15, 0.2) is 0 Å². The Balaban J connectivity index is 2.02. The van der Waals surface area contributed by atoms with E-state index >= 15 is 0 Å². The Morgan fingerprint density at radius 1 is 1.16 bits per heavy atom. The molecule has 9 heteroatoms. The third-order valence-electron chi connectivity index (χ3n) is 4.65. The second-order valence-corrected chi connectivity index (χ2v) is 10.5. The lowest BCUT2D eigenvalue weighted by atomic mass is 10.2. The van der Waals surface area contributed by atoms with Crippen LogP contribution in [0.2, 0.25) is 5.02 Å². The molecule has 0 radical (unpaired) electrons. The zero-order valence-corrected chi connectivity index (χ0v) is 20.2. The van der Waals surface area contributed by atoms with E-state index in [1.807, 2.05) is 38.1 Å². The van der Waals surface area contributed by atoms with Crippen LogP contribution in [0, 0.1) is 0 Å². The van der Waals surface area contributed by atoms with E-state index in [2.05, 4.69) is 5.32 Å². The minimum absolute atomic E-state index is 0.0880. The monoisotopic (exact) mass is 480 g/mol. The lowest BCUT2D eigenvalue weighted by Gasteiger charge is -2.20. The standard InChI is InChI=1S/C22H25ClN2O4S2/c1-5-25(6-2)31(27,28)15-11-12-18(29-14(3)4)17(13-15)24-22(26)21-20(23)16-9-7-8-10-19(16)30-21/h7-14H,5-6H2,1-4H3,(H,24,26). The van der Waals surface area contributed by atoms with Gasteiger partial charge in [-0.25, -0.2) is 8.42 Å². The molecule has 3 aromatic rings. The summed E-state index contributed by atoms with van der Waals surface area (Å²) in [6.45, 7) is 7.97. The number of nitrogens with one attached hydrogen (secondary N) is 1. The van der Waals surface area contributed by atoms with Crippen LogP contribution in [0.3, 0.4) is 0 Å². The van der Waals surface area contributed by atoms with E-state index in [4.69, 9.17) is 16.3 Å². The van der Waals surface area contributed by atoms with Crippen molar-refractivity contribution in [3.63, 3.8) is 0 Å². The molecule has 0 saturated heterocycles. The van der Waals surface area contributed by atoms with Crippen LogP contribution in [-0.4, -0.2) is 37.8 Å². The van der Waals surface area contributed by atoms with E-state index in [1.54, 1.807) is 19.9 Å². The molecule has 0 bridgehead atoms. The van der Waals surface area contributed by atoms with E-state index in [-0.39, 0.29) is 16.7 Å². The Morgan fingerprint density at radius 2 is 1.84 bits per heavy atom. The van der Waals surface area contributed by atoms with Crippen molar-refractivity contribution < 1.29 is 17.9 Å². The first-order chi connectivity index (χ1) is 14.7. The van der Waals surface area contributed by atoms with Gasteiger partial charge in [-0.3, -0.25) is 4.79 Å². The molecule has 0 aliphatic heterocycles. The van der Waals surface area contributed by atoms with Crippen LogP contribution in [0.15, 0.2) is 47.4 Å². The molecule has 2 aromatic carbocycles. The minimum Gasteiger partial charge on any atom is -0.489 e. The van der Waals surface area contributed by atoms with Crippen LogP contribution < -0.4 is 10.1 Å². The Morgan fingerprint density at radius 3 is 2.45 bits per heavy atom. The van der Waals surface area contributed by atoms with Gasteiger partial charge >= 0.3 is 0 Å². The summed E-state index contributed by atoms with van der Waals surface area (Å²) in [6, 6.07) is 12.0. The fourth-order valence-electron chi connectivity index (χ4n) is 3.18. The van der Waals surface area contributed by atoms with Crippen molar-refractivity contribution in [1.29, 1.82) is 0 Å². The highest BCUT2D eigenvalue weighted by molar-refractivity contribution is 7.89. The molecule has 0 atom stereocenters. The fraction of sp³-hybridized carbons (Fsp3) is 0.318. The van der Waals surface area contributed by atoms with Crippen LogP contribution in [0.25, 0.3) is 10.1 Å². The van der Waals surface area contributed by atoms with Crippen LogP contribution in [-0.2, 0) is 10.0 Å². The fourth-order valence-corrected chi connectivity index (χ4v) is 6.07.